The zero-order valence-electron chi connectivity index (χ0n) is 13.3. The molecule has 22 heavy (non-hydrogen) atoms. The summed E-state index contributed by atoms with van der Waals surface area (Å²) in [6.45, 7) is 1.48. The van der Waals surface area contributed by atoms with Crippen LogP contribution in [0.3, 0.4) is 0 Å². The van der Waals surface area contributed by atoms with Gasteiger partial charge >= 0.3 is 0 Å². The molecule has 6 heteroatoms. The summed E-state index contributed by atoms with van der Waals surface area (Å²) in [6, 6.07) is 9.10. The molecule has 1 aromatic carbocycles. The fraction of sp³-hybridized carbons (Fsp3) is 0.500. The lowest BCUT2D eigenvalue weighted by Gasteiger charge is -2.27. The van der Waals surface area contributed by atoms with Gasteiger partial charge in [0.2, 0.25) is 5.60 Å². The summed E-state index contributed by atoms with van der Waals surface area (Å²) in [7, 11) is 5.43. The molecule has 6 nitrogen and oxygen atoms in total. The topological polar surface area (TPSA) is 64.1 Å². The van der Waals surface area contributed by atoms with Gasteiger partial charge in [-0.25, -0.2) is 0 Å². The van der Waals surface area contributed by atoms with Gasteiger partial charge in [0.1, 0.15) is 0 Å². The van der Waals surface area contributed by atoms with Crippen molar-refractivity contribution >= 4 is 17.5 Å². The summed E-state index contributed by atoms with van der Waals surface area (Å²) < 4.78 is 0. The molecule has 0 saturated carbocycles. The average molecular weight is 305 g/mol. The van der Waals surface area contributed by atoms with Crippen molar-refractivity contribution in [3.05, 3.63) is 30.3 Å². The Morgan fingerprint density at radius 3 is 2.45 bits per heavy atom. The van der Waals surface area contributed by atoms with Gasteiger partial charge in [-0.1, -0.05) is 18.2 Å². The van der Waals surface area contributed by atoms with E-state index >= 15 is 0 Å². The number of carbonyl (C=O) groups excluding carboxylic acids is 2. The van der Waals surface area contributed by atoms with Crippen LogP contribution in [0.1, 0.15) is 6.42 Å². The highest BCUT2D eigenvalue weighted by molar-refractivity contribution is 6.16. The third-order valence-corrected chi connectivity index (χ3v) is 3.95. The largest absolute Gasteiger partial charge is 0.372 e. The van der Waals surface area contributed by atoms with E-state index in [9.17, 15) is 14.7 Å². The highest BCUT2D eigenvalue weighted by Gasteiger charge is 2.52. The van der Waals surface area contributed by atoms with E-state index in [4.69, 9.17) is 0 Å². The van der Waals surface area contributed by atoms with Crippen molar-refractivity contribution in [2.45, 2.75) is 12.0 Å². The highest BCUT2D eigenvalue weighted by Crippen LogP contribution is 2.29. The van der Waals surface area contributed by atoms with Crippen molar-refractivity contribution in [2.24, 2.45) is 0 Å². The van der Waals surface area contributed by atoms with Crippen molar-refractivity contribution in [3.8, 4) is 0 Å². The number of aliphatic hydroxyl groups is 1. The Kier molecular flexibility index (Phi) is 4.83. The van der Waals surface area contributed by atoms with Gasteiger partial charge in [-0.15, -0.1) is 0 Å². The number of rotatable bonds is 5. The Bertz CT molecular complexity index is 547. The molecule has 1 N–H and O–H groups in total. The number of hydrogen-bond acceptors (Lipinski definition) is 4. The van der Waals surface area contributed by atoms with E-state index in [1.807, 2.05) is 37.2 Å². The number of benzene rings is 1. The summed E-state index contributed by atoms with van der Waals surface area (Å²) in [6.07, 6.45) is 0.117. The van der Waals surface area contributed by atoms with Crippen LogP contribution in [0.2, 0.25) is 0 Å². The molecule has 1 heterocycles. The molecule has 0 aliphatic carbocycles. The third-order valence-electron chi connectivity index (χ3n) is 3.95. The van der Waals surface area contributed by atoms with E-state index < -0.39 is 17.4 Å². The minimum absolute atomic E-state index is 0.117. The first-order valence-corrected chi connectivity index (χ1v) is 7.36. The molecule has 1 aliphatic rings. The first-order valence-electron chi connectivity index (χ1n) is 7.36. The molecule has 0 bridgehead atoms. The average Bonchev–Trinajstić information content (AvgIpc) is 2.82. The minimum atomic E-state index is -1.95. The van der Waals surface area contributed by atoms with Crippen molar-refractivity contribution in [1.82, 2.24) is 9.80 Å². The van der Waals surface area contributed by atoms with Gasteiger partial charge < -0.3 is 19.8 Å². The van der Waals surface area contributed by atoms with E-state index in [-0.39, 0.29) is 6.42 Å². The first kappa shape index (κ1) is 16.5. The molecule has 0 unspecified atom stereocenters. The number of nitrogens with zero attached hydrogens (tertiary/aromatic N) is 3. The van der Waals surface area contributed by atoms with E-state index in [0.717, 1.165) is 0 Å². The Morgan fingerprint density at radius 2 is 1.86 bits per heavy atom. The summed E-state index contributed by atoms with van der Waals surface area (Å²) in [5.41, 5.74) is -1.25. The van der Waals surface area contributed by atoms with Crippen LogP contribution in [0, 0.1) is 0 Å². The molecule has 2 rings (SSSR count). The predicted octanol–water partition coefficient (Wildman–Crippen LogP) is 0.174. The van der Waals surface area contributed by atoms with Crippen LogP contribution < -0.4 is 4.90 Å². The quantitative estimate of drug-likeness (QED) is 0.788. The molecule has 1 aliphatic heterocycles. The lowest BCUT2D eigenvalue weighted by molar-refractivity contribution is -0.156. The molecule has 1 saturated heterocycles. The normalized spacial score (nSPS) is 21.5. The smallest absolute Gasteiger partial charge is 0.268 e. The van der Waals surface area contributed by atoms with Crippen molar-refractivity contribution in [3.63, 3.8) is 0 Å². The first-order chi connectivity index (χ1) is 10.4. The van der Waals surface area contributed by atoms with Crippen molar-refractivity contribution in [1.29, 1.82) is 0 Å². The Labute approximate surface area is 130 Å². The number of carbonyl (C=O) groups is 2. The van der Waals surface area contributed by atoms with E-state index in [2.05, 4.69) is 0 Å². The maximum absolute atomic E-state index is 12.5. The molecule has 0 aromatic heterocycles. The van der Waals surface area contributed by atoms with Crippen molar-refractivity contribution < 1.29 is 14.7 Å². The molecule has 0 spiro atoms. The van der Waals surface area contributed by atoms with Crippen LogP contribution in [0.25, 0.3) is 0 Å². The Hall–Kier alpha value is -1.92. The van der Waals surface area contributed by atoms with Gasteiger partial charge in [-0.2, -0.15) is 0 Å². The number of amides is 2. The fourth-order valence-electron chi connectivity index (χ4n) is 2.53. The molecule has 2 amide bonds. The van der Waals surface area contributed by atoms with Gasteiger partial charge in [0.05, 0.1) is 0 Å². The highest BCUT2D eigenvalue weighted by atomic mass is 16.3. The summed E-state index contributed by atoms with van der Waals surface area (Å²) >= 11 is 0. The Balaban J connectivity index is 2.11. The molecular weight excluding hydrogens is 282 g/mol. The van der Waals surface area contributed by atoms with Crippen LogP contribution in [0.4, 0.5) is 5.69 Å². The second kappa shape index (κ2) is 6.46. The SMILES string of the molecule is CN(C)CCN(C)C(=O)[C@@]1(O)CCN(c2ccccc2)C1=O. The Morgan fingerprint density at radius 1 is 1.23 bits per heavy atom. The zero-order chi connectivity index (χ0) is 16.3. The van der Waals surface area contributed by atoms with Crippen LogP contribution in [0.15, 0.2) is 30.3 Å². The zero-order valence-corrected chi connectivity index (χ0v) is 13.3. The predicted molar refractivity (Wildman–Crippen MR) is 84.6 cm³/mol. The molecular formula is C16H23N3O3. The van der Waals surface area contributed by atoms with E-state index in [1.54, 1.807) is 19.2 Å². The number of anilines is 1. The molecule has 1 aromatic rings. The number of likely N-dealkylation sites (N-methyl/N-ethyl adjacent to an activating group) is 2. The maximum Gasteiger partial charge on any atom is 0.268 e. The van der Waals surface area contributed by atoms with Gasteiger partial charge in [-0.3, -0.25) is 9.59 Å². The maximum atomic E-state index is 12.5. The van der Waals surface area contributed by atoms with Crippen LogP contribution in [-0.2, 0) is 9.59 Å². The lowest BCUT2D eigenvalue weighted by Crippen LogP contribution is -2.53. The molecule has 120 valence electrons. The van der Waals surface area contributed by atoms with E-state index in [0.29, 0.717) is 25.3 Å². The van der Waals surface area contributed by atoms with Crippen LogP contribution in [0.5, 0.6) is 0 Å². The van der Waals surface area contributed by atoms with Crippen LogP contribution >= 0.6 is 0 Å². The monoisotopic (exact) mass is 305 g/mol. The van der Waals surface area contributed by atoms with Crippen LogP contribution in [-0.4, -0.2) is 73.1 Å². The minimum Gasteiger partial charge on any atom is -0.372 e. The van der Waals surface area contributed by atoms with Gasteiger partial charge in [-0.05, 0) is 26.2 Å². The van der Waals surface area contributed by atoms with Gasteiger partial charge in [0.15, 0.2) is 0 Å². The van der Waals surface area contributed by atoms with Gasteiger partial charge in [0, 0.05) is 38.8 Å². The fourth-order valence-corrected chi connectivity index (χ4v) is 2.53. The van der Waals surface area contributed by atoms with Gasteiger partial charge in [0.25, 0.3) is 11.8 Å². The second-order valence-electron chi connectivity index (χ2n) is 5.93. The standard InChI is InChI=1S/C16H23N3O3/c1-17(2)11-12-18(3)14(20)16(22)9-10-19(15(16)21)13-7-5-4-6-8-13/h4-8,22H,9-12H2,1-3H3/t16-/m0/s1. The van der Waals surface area contributed by atoms with E-state index in [1.165, 1.54) is 9.80 Å². The third kappa shape index (κ3) is 3.13. The molecule has 1 fully saturated rings. The number of hydrogen-bond donors (Lipinski definition) is 1. The molecule has 0 radical (unpaired) electrons. The van der Waals surface area contributed by atoms with Crippen molar-refractivity contribution in [2.75, 3.05) is 45.7 Å². The summed E-state index contributed by atoms with van der Waals surface area (Å²) in [5.74, 6) is -1.07. The number of para-hydroxylation sites is 1. The summed E-state index contributed by atoms with van der Waals surface area (Å²) in [4.78, 5) is 29.8. The lowest BCUT2D eigenvalue weighted by atomic mass is 10.0. The second-order valence-corrected chi connectivity index (χ2v) is 5.93. The summed E-state index contributed by atoms with van der Waals surface area (Å²) in [5, 5.41) is 10.6. The molecule has 1 atom stereocenters.